The third kappa shape index (κ3) is 3.69. The number of carbonyl (C=O) groups is 1. The first kappa shape index (κ1) is 16.6. The lowest BCUT2D eigenvalue weighted by Crippen LogP contribution is -2.31. The molecule has 4 nitrogen and oxygen atoms in total. The zero-order valence-corrected chi connectivity index (χ0v) is 14.7. The number of aryl methyl sites for hydroxylation is 1. The van der Waals surface area contributed by atoms with Crippen molar-refractivity contribution < 1.29 is 9.21 Å². The van der Waals surface area contributed by atoms with E-state index in [9.17, 15) is 4.79 Å². The highest BCUT2D eigenvalue weighted by atomic mass is 16.3. The minimum atomic E-state index is 0.147. The number of hydrogen-bond acceptors (Lipinski definition) is 3. The molecule has 0 radical (unpaired) electrons. The maximum absolute atomic E-state index is 13.1. The molecular formula is C22H22N2O2. The van der Waals surface area contributed by atoms with Crippen LogP contribution in [0.2, 0.25) is 0 Å². The summed E-state index contributed by atoms with van der Waals surface area (Å²) in [6.45, 7) is 0.964. The maximum Gasteiger partial charge on any atom is 0.223 e. The van der Waals surface area contributed by atoms with E-state index in [0.717, 1.165) is 24.3 Å². The molecule has 0 bridgehead atoms. The van der Waals surface area contributed by atoms with E-state index >= 15 is 0 Å². The van der Waals surface area contributed by atoms with Crippen molar-refractivity contribution in [3.63, 3.8) is 0 Å². The predicted octanol–water partition coefficient (Wildman–Crippen LogP) is 4.32. The summed E-state index contributed by atoms with van der Waals surface area (Å²) in [5.41, 5.74) is 3.60. The molecule has 0 N–H and O–H groups in total. The first-order chi connectivity index (χ1) is 12.8. The summed E-state index contributed by atoms with van der Waals surface area (Å²) in [5.74, 6) is 1.25. The second-order valence-corrected chi connectivity index (χ2v) is 6.79. The van der Waals surface area contributed by atoms with E-state index in [1.165, 1.54) is 11.1 Å². The standard InChI is InChI=1S/C22H22N2O2/c25-22(14-18-11-10-17-6-1-2-9-21(17)18)24(16-20-8-5-13-26-20)15-19-7-3-4-12-23-19/h1-9,12-13,18H,10-11,14-16H2/t18-/m0/s1. The molecule has 1 atom stereocenters. The van der Waals surface area contributed by atoms with Gasteiger partial charge in [0.05, 0.1) is 25.0 Å². The maximum atomic E-state index is 13.1. The number of carbonyl (C=O) groups excluding carboxylic acids is 1. The Morgan fingerprint density at radius 1 is 1.08 bits per heavy atom. The van der Waals surface area contributed by atoms with Crippen LogP contribution in [0.3, 0.4) is 0 Å². The van der Waals surface area contributed by atoms with Crippen LogP contribution in [0.25, 0.3) is 0 Å². The first-order valence-corrected chi connectivity index (χ1v) is 9.07. The van der Waals surface area contributed by atoms with Crippen molar-refractivity contribution in [2.24, 2.45) is 0 Å². The van der Waals surface area contributed by atoms with Gasteiger partial charge in [-0.1, -0.05) is 30.3 Å². The second kappa shape index (κ2) is 7.56. The molecule has 0 saturated carbocycles. The number of pyridine rings is 1. The lowest BCUT2D eigenvalue weighted by molar-refractivity contribution is -0.133. The Kier molecular flexibility index (Phi) is 4.82. The summed E-state index contributed by atoms with van der Waals surface area (Å²) >= 11 is 0. The van der Waals surface area contributed by atoms with Crippen LogP contribution < -0.4 is 0 Å². The van der Waals surface area contributed by atoms with Gasteiger partial charge in [-0.15, -0.1) is 0 Å². The summed E-state index contributed by atoms with van der Waals surface area (Å²) in [7, 11) is 0. The van der Waals surface area contributed by atoms with Crippen molar-refractivity contribution in [1.82, 2.24) is 9.88 Å². The third-order valence-corrected chi connectivity index (χ3v) is 5.04. The highest BCUT2D eigenvalue weighted by Crippen LogP contribution is 2.35. The second-order valence-electron chi connectivity index (χ2n) is 6.79. The monoisotopic (exact) mass is 346 g/mol. The van der Waals surface area contributed by atoms with Gasteiger partial charge in [0.1, 0.15) is 5.76 Å². The van der Waals surface area contributed by atoms with E-state index in [1.54, 1.807) is 12.5 Å². The van der Waals surface area contributed by atoms with Crippen molar-refractivity contribution in [2.75, 3.05) is 0 Å². The zero-order valence-electron chi connectivity index (χ0n) is 14.7. The van der Waals surface area contributed by atoms with Crippen LogP contribution in [0.5, 0.6) is 0 Å². The van der Waals surface area contributed by atoms with E-state index in [0.29, 0.717) is 25.4 Å². The number of nitrogens with zero attached hydrogens (tertiary/aromatic N) is 2. The smallest absolute Gasteiger partial charge is 0.223 e. The van der Waals surface area contributed by atoms with Gasteiger partial charge >= 0.3 is 0 Å². The van der Waals surface area contributed by atoms with Crippen LogP contribution in [0.1, 0.15) is 41.3 Å². The number of amides is 1. The Morgan fingerprint density at radius 2 is 1.96 bits per heavy atom. The van der Waals surface area contributed by atoms with Crippen molar-refractivity contribution in [2.45, 2.75) is 38.3 Å². The molecule has 4 heteroatoms. The Balaban J connectivity index is 1.50. The summed E-state index contributed by atoms with van der Waals surface area (Å²) in [5, 5.41) is 0. The fraction of sp³-hybridized carbons (Fsp3) is 0.273. The SMILES string of the molecule is O=C(C[C@@H]1CCc2ccccc21)N(Cc1ccccn1)Cc1ccco1. The quantitative estimate of drug-likeness (QED) is 0.668. The van der Waals surface area contributed by atoms with Gasteiger partial charge in [-0.05, 0) is 54.2 Å². The normalized spacial score (nSPS) is 15.6. The molecule has 0 aliphatic heterocycles. The van der Waals surface area contributed by atoms with E-state index in [2.05, 4.69) is 29.2 Å². The lowest BCUT2D eigenvalue weighted by atomic mass is 9.97. The summed E-state index contributed by atoms with van der Waals surface area (Å²) in [4.78, 5) is 19.3. The summed E-state index contributed by atoms with van der Waals surface area (Å²) in [6.07, 6.45) is 6.05. The summed E-state index contributed by atoms with van der Waals surface area (Å²) < 4.78 is 5.46. The molecule has 1 aliphatic rings. The van der Waals surface area contributed by atoms with E-state index < -0.39 is 0 Å². The number of fused-ring (bicyclic) bond motifs is 1. The lowest BCUT2D eigenvalue weighted by Gasteiger charge is -2.23. The molecule has 4 rings (SSSR count). The van der Waals surface area contributed by atoms with Gasteiger partial charge in [0.25, 0.3) is 0 Å². The Labute approximate surface area is 153 Å². The average molecular weight is 346 g/mol. The van der Waals surface area contributed by atoms with Crippen molar-refractivity contribution in [3.8, 4) is 0 Å². The fourth-order valence-electron chi connectivity index (χ4n) is 3.71. The molecule has 0 fully saturated rings. The van der Waals surface area contributed by atoms with Gasteiger partial charge in [0.15, 0.2) is 0 Å². The van der Waals surface area contributed by atoms with Gasteiger partial charge in [-0.3, -0.25) is 9.78 Å². The van der Waals surface area contributed by atoms with Gasteiger partial charge in [-0.25, -0.2) is 0 Å². The highest BCUT2D eigenvalue weighted by Gasteiger charge is 2.27. The minimum Gasteiger partial charge on any atom is -0.467 e. The Morgan fingerprint density at radius 3 is 2.77 bits per heavy atom. The zero-order chi connectivity index (χ0) is 17.8. The van der Waals surface area contributed by atoms with Gasteiger partial charge in [0.2, 0.25) is 5.91 Å². The Hall–Kier alpha value is -2.88. The molecule has 0 spiro atoms. The molecule has 2 heterocycles. The molecule has 3 aromatic rings. The number of rotatable bonds is 6. The number of furan rings is 1. The van der Waals surface area contributed by atoms with Gasteiger partial charge in [-0.2, -0.15) is 0 Å². The molecule has 1 amide bonds. The van der Waals surface area contributed by atoms with Crippen LogP contribution in [-0.4, -0.2) is 15.8 Å². The van der Waals surface area contributed by atoms with Crippen molar-refractivity contribution in [1.29, 1.82) is 0 Å². The number of aromatic nitrogens is 1. The topological polar surface area (TPSA) is 46.3 Å². The molecule has 0 saturated heterocycles. The van der Waals surface area contributed by atoms with Crippen LogP contribution >= 0.6 is 0 Å². The number of benzene rings is 1. The number of hydrogen-bond donors (Lipinski definition) is 0. The minimum absolute atomic E-state index is 0.147. The van der Waals surface area contributed by atoms with Gasteiger partial charge in [0, 0.05) is 12.6 Å². The van der Waals surface area contributed by atoms with Crippen LogP contribution in [-0.2, 0) is 24.3 Å². The molecule has 1 aliphatic carbocycles. The van der Waals surface area contributed by atoms with Gasteiger partial charge < -0.3 is 9.32 Å². The molecule has 2 aromatic heterocycles. The van der Waals surface area contributed by atoms with Crippen molar-refractivity contribution >= 4 is 5.91 Å². The molecule has 26 heavy (non-hydrogen) atoms. The van der Waals surface area contributed by atoms with E-state index in [1.807, 2.05) is 35.2 Å². The van der Waals surface area contributed by atoms with E-state index in [-0.39, 0.29) is 5.91 Å². The average Bonchev–Trinajstić information content (AvgIpc) is 3.32. The van der Waals surface area contributed by atoms with Crippen molar-refractivity contribution in [3.05, 3.63) is 89.6 Å². The molecule has 0 unspecified atom stereocenters. The fourth-order valence-corrected chi connectivity index (χ4v) is 3.71. The predicted molar refractivity (Wildman–Crippen MR) is 99.3 cm³/mol. The summed E-state index contributed by atoms with van der Waals surface area (Å²) in [6, 6.07) is 18.0. The first-order valence-electron chi connectivity index (χ1n) is 9.07. The molecule has 1 aromatic carbocycles. The van der Waals surface area contributed by atoms with Crippen LogP contribution in [0, 0.1) is 0 Å². The Bertz CT molecular complexity index is 859. The molecule has 132 valence electrons. The van der Waals surface area contributed by atoms with Crippen LogP contribution in [0.4, 0.5) is 0 Å². The van der Waals surface area contributed by atoms with E-state index in [4.69, 9.17) is 4.42 Å². The van der Waals surface area contributed by atoms with Crippen LogP contribution in [0.15, 0.2) is 71.5 Å². The highest BCUT2D eigenvalue weighted by molar-refractivity contribution is 5.77. The third-order valence-electron chi connectivity index (χ3n) is 5.04. The largest absolute Gasteiger partial charge is 0.467 e. The molecular weight excluding hydrogens is 324 g/mol.